The Kier molecular flexibility index (Phi) is 3.50. The number of hydrogen-bond donors (Lipinski definition) is 0. The predicted molar refractivity (Wildman–Crippen MR) is 56.5 cm³/mol. The van der Waals surface area contributed by atoms with E-state index < -0.39 is 14.9 Å². The van der Waals surface area contributed by atoms with Crippen LogP contribution in [0.3, 0.4) is 0 Å². The molecule has 0 saturated carbocycles. The van der Waals surface area contributed by atoms with E-state index in [-0.39, 0.29) is 6.61 Å². The summed E-state index contributed by atoms with van der Waals surface area (Å²) in [6, 6.07) is 0. The second kappa shape index (κ2) is 4.28. The van der Waals surface area contributed by atoms with Gasteiger partial charge in [0.15, 0.2) is 0 Å². The lowest BCUT2D eigenvalue weighted by Crippen LogP contribution is -2.35. The number of allylic oxidation sites excluding steroid dienone is 3. The third-order valence-corrected chi connectivity index (χ3v) is 4.15. The molecule has 1 unspecified atom stereocenters. The molecule has 0 radical (unpaired) electrons. The Balaban J connectivity index is 2.81. The average molecular weight is 216 g/mol. The standard InChI is InChI=1S/C10H16O3S/c1-3-9-13-14(11,12)10(2)7-5-4-6-8-10/h4-7H,3,8-9H2,1-2H3. The molecule has 0 aromatic rings. The molecule has 0 N–H and O–H groups in total. The number of hydrogen-bond acceptors (Lipinski definition) is 3. The van der Waals surface area contributed by atoms with Crippen molar-refractivity contribution < 1.29 is 12.6 Å². The van der Waals surface area contributed by atoms with Crippen LogP contribution in [0.2, 0.25) is 0 Å². The van der Waals surface area contributed by atoms with Gasteiger partial charge in [-0.2, -0.15) is 8.42 Å². The van der Waals surface area contributed by atoms with Gasteiger partial charge in [0.2, 0.25) is 0 Å². The van der Waals surface area contributed by atoms with Crippen LogP contribution in [0.15, 0.2) is 24.3 Å². The minimum absolute atomic E-state index is 0.259. The van der Waals surface area contributed by atoms with Crippen molar-refractivity contribution in [3.63, 3.8) is 0 Å². The molecule has 0 aromatic carbocycles. The zero-order chi connectivity index (χ0) is 10.7. The monoisotopic (exact) mass is 216 g/mol. The van der Waals surface area contributed by atoms with Gasteiger partial charge in [0.1, 0.15) is 4.75 Å². The summed E-state index contributed by atoms with van der Waals surface area (Å²) in [6.07, 6.45) is 8.29. The highest BCUT2D eigenvalue weighted by Crippen LogP contribution is 2.28. The van der Waals surface area contributed by atoms with Crippen molar-refractivity contribution in [1.29, 1.82) is 0 Å². The van der Waals surface area contributed by atoms with Gasteiger partial charge in [-0.15, -0.1) is 0 Å². The van der Waals surface area contributed by atoms with Gasteiger partial charge in [0, 0.05) is 0 Å². The third-order valence-electron chi connectivity index (χ3n) is 2.23. The lowest BCUT2D eigenvalue weighted by Gasteiger charge is -2.25. The molecule has 80 valence electrons. The van der Waals surface area contributed by atoms with E-state index >= 15 is 0 Å². The topological polar surface area (TPSA) is 43.4 Å². The van der Waals surface area contributed by atoms with Gasteiger partial charge < -0.3 is 0 Å². The smallest absolute Gasteiger partial charge is 0.269 e. The zero-order valence-corrected chi connectivity index (χ0v) is 9.38. The van der Waals surface area contributed by atoms with E-state index in [2.05, 4.69) is 0 Å². The molecule has 0 fully saturated rings. The van der Waals surface area contributed by atoms with Crippen molar-refractivity contribution in [2.75, 3.05) is 6.61 Å². The summed E-state index contributed by atoms with van der Waals surface area (Å²) >= 11 is 0. The molecule has 4 heteroatoms. The third kappa shape index (κ3) is 2.25. The Morgan fingerprint density at radius 1 is 1.43 bits per heavy atom. The van der Waals surface area contributed by atoms with Gasteiger partial charge in [-0.05, 0) is 19.8 Å². The molecule has 1 aliphatic carbocycles. The molecule has 0 spiro atoms. The van der Waals surface area contributed by atoms with Crippen LogP contribution in [-0.4, -0.2) is 19.8 Å². The van der Waals surface area contributed by atoms with E-state index in [1.807, 2.05) is 19.1 Å². The molecule has 0 heterocycles. The van der Waals surface area contributed by atoms with E-state index in [1.165, 1.54) is 0 Å². The normalized spacial score (nSPS) is 26.7. The van der Waals surface area contributed by atoms with Gasteiger partial charge in [-0.3, -0.25) is 4.18 Å². The minimum atomic E-state index is -3.48. The second-order valence-electron chi connectivity index (χ2n) is 3.58. The first-order chi connectivity index (χ1) is 6.52. The Hall–Kier alpha value is -0.610. The molecule has 3 nitrogen and oxygen atoms in total. The van der Waals surface area contributed by atoms with Crippen molar-refractivity contribution in [2.24, 2.45) is 0 Å². The van der Waals surface area contributed by atoms with Crippen molar-refractivity contribution in [1.82, 2.24) is 0 Å². The Labute approximate surface area is 85.6 Å². The molecule has 0 aromatic heterocycles. The second-order valence-corrected chi connectivity index (χ2v) is 5.66. The molecule has 0 saturated heterocycles. The maximum Gasteiger partial charge on any atom is 0.276 e. The SMILES string of the molecule is CCCOS(=O)(=O)C1(C)C=CC=CC1. The summed E-state index contributed by atoms with van der Waals surface area (Å²) in [6.45, 7) is 3.82. The summed E-state index contributed by atoms with van der Waals surface area (Å²) in [5, 5.41) is 0. The van der Waals surface area contributed by atoms with Crippen LogP contribution in [0.25, 0.3) is 0 Å². The molecule has 0 amide bonds. The van der Waals surface area contributed by atoms with Gasteiger partial charge >= 0.3 is 0 Å². The van der Waals surface area contributed by atoms with Crippen LogP contribution in [0.1, 0.15) is 26.7 Å². The first kappa shape index (κ1) is 11.5. The summed E-state index contributed by atoms with van der Waals surface area (Å²) < 4.78 is 27.5. The fraction of sp³-hybridized carbons (Fsp3) is 0.600. The van der Waals surface area contributed by atoms with Crippen molar-refractivity contribution in [2.45, 2.75) is 31.4 Å². The largest absolute Gasteiger partial charge is 0.276 e. The van der Waals surface area contributed by atoms with Gasteiger partial charge in [-0.1, -0.05) is 31.2 Å². The highest BCUT2D eigenvalue weighted by molar-refractivity contribution is 7.88. The molecule has 1 aliphatic rings. The van der Waals surface area contributed by atoms with E-state index in [9.17, 15) is 8.42 Å². The Morgan fingerprint density at radius 3 is 2.64 bits per heavy atom. The van der Waals surface area contributed by atoms with Crippen LogP contribution < -0.4 is 0 Å². The van der Waals surface area contributed by atoms with Gasteiger partial charge in [0.05, 0.1) is 6.61 Å². The van der Waals surface area contributed by atoms with Crippen LogP contribution in [-0.2, 0) is 14.3 Å². The highest BCUT2D eigenvalue weighted by atomic mass is 32.2. The molecular weight excluding hydrogens is 200 g/mol. The quantitative estimate of drug-likeness (QED) is 0.675. The van der Waals surface area contributed by atoms with Crippen LogP contribution >= 0.6 is 0 Å². The lowest BCUT2D eigenvalue weighted by molar-refractivity contribution is 0.305. The molecule has 0 bridgehead atoms. The van der Waals surface area contributed by atoms with Crippen LogP contribution in [0.5, 0.6) is 0 Å². The first-order valence-corrected chi connectivity index (χ1v) is 6.16. The zero-order valence-electron chi connectivity index (χ0n) is 8.56. The maximum absolute atomic E-state index is 11.8. The van der Waals surface area contributed by atoms with Crippen molar-refractivity contribution in [3.05, 3.63) is 24.3 Å². The molecular formula is C10H16O3S. The van der Waals surface area contributed by atoms with Crippen LogP contribution in [0.4, 0.5) is 0 Å². The van der Waals surface area contributed by atoms with Gasteiger partial charge in [0.25, 0.3) is 10.1 Å². The Bertz CT molecular complexity index is 340. The first-order valence-electron chi connectivity index (χ1n) is 4.75. The maximum atomic E-state index is 11.8. The minimum Gasteiger partial charge on any atom is -0.269 e. The summed E-state index contributed by atoms with van der Waals surface area (Å²) in [5.74, 6) is 0. The fourth-order valence-electron chi connectivity index (χ4n) is 1.22. The summed E-state index contributed by atoms with van der Waals surface area (Å²) in [7, 11) is -3.48. The van der Waals surface area contributed by atoms with E-state index in [0.29, 0.717) is 12.8 Å². The molecule has 0 aliphatic heterocycles. The van der Waals surface area contributed by atoms with E-state index in [0.717, 1.165) is 0 Å². The van der Waals surface area contributed by atoms with Gasteiger partial charge in [-0.25, -0.2) is 0 Å². The lowest BCUT2D eigenvalue weighted by atomic mass is 10.0. The fourth-order valence-corrected chi connectivity index (χ4v) is 2.42. The van der Waals surface area contributed by atoms with Crippen molar-refractivity contribution >= 4 is 10.1 Å². The molecule has 1 atom stereocenters. The molecule has 14 heavy (non-hydrogen) atoms. The van der Waals surface area contributed by atoms with E-state index in [4.69, 9.17) is 4.18 Å². The predicted octanol–water partition coefficient (Wildman–Crippen LogP) is 2.02. The van der Waals surface area contributed by atoms with Crippen LogP contribution in [0, 0.1) is 0 Å². The average Bonchev–Trinajstić information content (AvgIpc) is 2.16. The van der Waals surface area contributed by atoms with Crippen molar-refractivity contribution in [3.8, 4) is 0 Å². The summed E-state index contributed by atoms with van der Waals surface area (Å²) in [5.41, 5.74) is 0. The molecule has 1 rings (SSSR count). The highest BCUT2D eigenvalue weighted by Gasteiger charge is 2.37. The Morgan fingerprint density at radius 2 is 2.14 bits per heavy atom. The summed E-state index contributed by atoms with van der Waals surface area (Å²) in [4.78, 5) is 0. The number of rotatable bonds is 4. The van der Waals surface area contributed by atoms with E-state index in [1.54, 1.807) is 19.1 Å².